The number of nitrogens with one attached hydrogen (secondary N) is 1. The molecular formula is C13H16ClFN2. The molecule has 1 aromatic carbocycles. The van der Waals surface area contributed by atoms with Crippen molar-refractivity contribution >= 4 is 17.7 Å². The van der Waals surface area contributed by atoms with Crippen molar-refractivity contribution in [2.24, 2.45) is 5.73 Å². The summed E-state index contributed by atoms with van der Waals surface area (Å²) >= 11 is 5.67. The van der Waals surface area contributed by atoms with Crippen LogP contribution in [0, 0.1) is 5.82 Å². The van der Waals surface area contributed by atoms with Crippen molar-refractivity contribution in [2.45, 2.75) is 6.42 Å². The number of hydrogen-bond donors (Lipinski definition) is 2. The molecule has 0 aliphatic carbocycles. The summed E-state index contributed by atoms with van der Waals surface area (Å²) in [6, 6.07) is 4.88. The SMILES string of the molecule is C=C(/C=C/c1cccc(Cl)c1F)NCCCN. The maximum Gasteiger partial charge on any atom is 0.148 e. The predicted octanol–water partition coefficient (Wildman–Crippen LogP) is 2.94. The lowest BCUT2D eigenvalue weighted by Crippen LogP contribution is -2.15. The van der Waals surface area contributed by atoms with Crippen LogP contribution in [-0.4, -0.2) is 13.1 Å². The van der Waals surface area contributed by atoms with Gasteiger partial charge in [-0.15, -0.1) is 0 Å². The van der Waals surface area contributed by atoms with Gasteiger partial charge in [-0.25, -0.2) is 4.39 Å². The normalized spacial score (nSPS) is 10.8. The second-order valence-electron chi connectivity index (χ2n) is 3.57. The molecule has 0 heterocycles. The molecule has 0 aliphatic heterocycles. The van der Waals surface area contributed by atoms with Crippen LogP contribution in [0.3, 0.4) is 0 Å². The zero-order valence-corrected chi connectivity index (χ0v) is 10.3. The molecule has 17 heavy (non-hydrogen) atoms. The fourth-order valence-corrected chi connectivity index (χ4v) is 1.43. The number of allylic oxidation sites excluding steroid dienone is 1. The number of rotatable bonds is 6. The van der Waals surface area contributed by atoms with E-state index in [0.717, 1.165) is 18.7 Å². The Morgan fingerprint density at radius 2 is 2.29 bits per heavy atom. The first-order chi connectivity index (χ1) is 8.15. The van der Waals surface area contributed by atoms with Crippen molar-refractivity contribution in [2.75, 3.05) is 13.1 Å². The van der Waals surface area contributed by atoms with Crippen LogP contribution in [0.2, 0.25) is 5.02 Å². The third-order valence-electron chi connectivity index (χ3n) is 2.18. The maximum atomic E-state index is 13.5. The zero-order chi connectivity index (χ0) is 12.7. The molecule has 0 unspecified atom stereocenters. The summed E-state index contributed by atoms with van der Waals surface area (Å²) < 4.78 is 13.5. The predicted molar refractivity (Wildman–Crippen MR) is 71.3 cm³/mol. The van der Waals surface area contributed by atoms with Crippen molar-refractivity contribution < 1.29 is 4.39 Å². The molecule has 1 rings (SSSR count). The second-order valence-corrected chi connectivity index (χ2v) is 3.98. The Hall–Kier alpha value is -1.32. The fraction of sp³-hybridized carbons (Fsp3) is 0.231. The summed E-state index contributed by atoms with van der Waals surface area (Å²) in [6.07, 6.45) is 4.22. The van der Waals surface area contributed by atoms with Gasteiger partial charge in [-0.05, 0) is 31.2 Å². The minimum Gasteiger partial charge on any atom is -0.385 e. The topological polar surface area (TPSA) is 38.0 Å². The van der Waals surface area contributed by atoms with Gasteiger partial charge in [0.25, 0.3) is 0 Å². The van der Waals surface area contributed by atoms with Gasteiger partial charge in [0.15, 0.2) is 0 Å². The van der Waals surface area contributed by atoms with E-state index in [1.807, 2.05) is 0 Å². The highest BCUT2D eigenvalue weighted by molar-refractivity contribution is 6.30. The van der Waals surface area contributed by atoms with Crippen molar-refractivity contribution in [1.29, 1.82) is 0 Å². The number of halogens is 2. The van der Waals surface area contributed by atoms with Crippen LogP contribution in [-0.2, 0) is 0 Å². The Morgan fingerprint density at radius 3 is 3.00 bits per heavy atom. The Morgan fingerprint density at radius 1 is 1.53 bits per heavy atom. The molecule has 0 bridgehead atoms. The largest absolute Gasteiger partial charge is 0.385 e. The molecule has 0 radical (unpaired) electrons. The van der Waals surface area contributed by atoms with Gasteiger partial charge in [0.05, 0.1) is 5.02 Å². The van der Waals surface area contributed by atoms with Crippen LogP contribution >= 0.6 is 11.6 Å². The van der Waals surface area contributed by atoms with E-state index in [0.29, 0.717) is 12.1 Å². The lowest BCUT2D eigenvalue weighted by Gasteiger charge is -2.04. The van der Waals surface area contributed by atoms with Crippen molar-refractivity contribution in [3.8, 4) is 0 Å². The number of nitrogens with two attached hydrogens (primary N) is 1. The minimum absolute atomic E-state index is 0.119. The van der Waals surface area contributed by atoms with Gasteiger partial charge in [-0.2, -0.15) is 0 Å². The Kier molecular flexibility index (Phi) is 5.73. The first kappa shape index (κ1) is 13.7. The van der Waals surface area contributed by atoms with Crippen molar-refractivity contribution in [3.63, 3.8) is 0 Å². The van der Waals surface area contributed by atoms with Crippen LogP contribution in [0.25, 0.3) is 6.08 Å². The van der Waals surface area contributed by atoms with Gasteiger partial charge in [0.1, 0.15) is 5.82 Å². The van der Waals surface area contributed by atoms with Crippen molar-refractivity contribution in [3.05, 3.63) is 53.0 Å². The second kappa shape index (κ2) is 7.09. The van der Waals surface area contributed by atoms with Crippen LogP contribution < -0.4 is 11.1 Å². The van der Waals surface area contributed by atoms with Gasteiger partial charge in [-0.1, -0.05) is 30.3 Å². The summed E-state index contributed by atoms with van der Waals surface area (Å²) in [5, 5.41) is 3.19. The van der Waals surface area contributed by atoms with Gasteiger partial charge >= 0.3 is 0 Å². The first-order valence-electron chi connectivity index (χ1n) is 5.40. The van der Waals surface area contributed by atoms with Gasteiger partial charge in [0.2, 0.25) is 0 Å². The van der Waals surface area contributed by atoms with E-state index in [-0.39, 0.29) is 5.02 Å². The van der Waals surface area contributed by atoms with Gasteiger partial charge < -0.3 is 11.1 Å². The van der Waals surface area contributed by atoms with Gasteiger partial charge in [-0.3, -0.25) is 0 Å². The average molecular weight is 255 g/mol. The van der Waals surface area contributed by atoms with Crippen LogP contribution in [0.4, 0.5) is 4.39 Å². The van der Waals surface area contributed by atoms with E-state index < -0.39 is 5.82 Å². The van der Waals surface area contributed by atoms with Crippen LogP contribution in [0.15, 0.2) is 36.6 Å². The quantitative estimate of drug-likeness (QED) is 0.605. The monoisotopic (exact) mass is 254 g/mol. The lowest BCUT2D eigenvalue weighted by atomic mass is 10.2. The summed E-state index contributed by atoms with van der Waals surface area (Å²) in [6.45, 7) is 5.19. The molecule has 3 N–H and O–H groups in total. The molecular weight excluding hydrogens is 239 g/mol. The molecule has 92 valence electrons. The number of hydrogen-bond acceptors (Lipinski definition) is 2. The fourth-order valence-electron chi connectivity index (χ4n) is 1.25. The molecule has 2 nitrogen and oxygen atoms in total. The number of benzene rings is 1. The van der Waals surface area contributed by atoms with E-state index in [1.165, 1.54) is 6.07 Å². The third-order valence-corrected chi connectivity index (χ3v) is 2.47. The molecule has 0 saturated heterocycles. The molecule has 0 fully saturated rings. The summed E-state index contributed by atoms with van der Waals surface area (Å²) in [5.41, 5.74) is 6.53. The Balaban J connectivity index is 2.58. The molecule has 0 spiro atoms. The summed E-state index contributed by atoms with van der Waals surface area (Å²) in [4.78, 5) is 0. The Labute approximate surface area is 106 Å². The molecule has 0 aromatic heterocycles. The molecule has 0 amide bonds. The van der Waals surface area contributed by atoms with Crippen LogP contribution in [0.5, 0.6) is 0 Å². The average Bonchev–Trinajstić information content (AvgIpc) is 2.31. The van der Waals surface area contributed by atoms with E-state index in [1.54, 1.807) is 24.3 Å². The standard InChI is InChI=1S/C13H16ClFN2/c1-10(17-9-3-8-16)6-7-11-4-2-5-12(14)13(11)15/h2,4-7,17H,1,3,8-9,16H2/b7-6+. The molecule has 0 aliphatic rings. The highest BCUT2D eigenvalue weighted by Gasteiger charge is 2.02. The highest BCUT2D eigenvalue weighted by Crippen LogP contribution is 2.19. The highest BCUT2D eigenvalue weighted by atomic mass is 35.5. The first-order valence-corrected chi connectivity index (χ1v) is 5.78. The molecule has 1 aromatic rings. The summed E-state index contributed by atoms with van der Waals surface area (Å²) in [7, 11) is 0. The Bertz CT molecular complexity index is 416. The minimum atomic E-state index is -0.417. The summed E-state index contributed by atoms with van der Waals surface area (Å²) in [5.74, 6) is -0.417. The molecule has 0 atom stereocenters. The molecule has 0 saturated carbocycles. The third kappa shape index (κ3) is 4.59. The van der Waals surface area contributed by atoms with E-state index in [4.69, 9.17) is 17.3 Å². The van der Waals surface area contributed by atoms with Crippen molar-refractivity contribution in [1.82, 2.24) is 5.32 Å². The maximum absolute atomic E-state index is 13.5. The van der Waals surface area contributed by atoms with E-state index >= 15 is 0 Å². The van der Waals surface area contributed by atoms with E-state index in [2.05, 4.69) is 11.9 Å². The molecule has 4 heteroatoms. The smallest absolute Gasteiger partial charge is 0.148 e. The van der Waals surface area contributed by atoms with E-state index in [9.17, 15) is 4.39 Å². The lowest BCUT2D eigenvalue weighted by molar-refractivity contribution is 0.625. The zero-order valence-electron chi connectivity index (χ0n) is 9.55. The van der Waals surface area contributed by atoms with Crippen LogP contribution in [0.1, 0.15) is 12.0 Å². The van der Waals surface area contributed by atoms with Gasteiger partial charge in [0, 0.05) is 17.8 Å².